The summed E-state index contributed by atoms with van der Waals surface area (Å²) in [5, 5.41) is 0. The zero-order valence-electron chi connectivity index (χ0n) is 43.2. The Kier molecular flexibility index (Phi) is 51.4. The Bertz CT molecular complexity index is 1290. The highest BCUT2D eigenvalue weighted by molar-refractivity contribution is 5.71. The van der Waals surface area contributed by atoms with Crippen LogP contribution < -0.4 is 0 Å². The average Bonchev–Trinajstić information content (AvgIpc) is 3.31. The van der Waals surface area contributed by atoms with E-state index in [1.165, 1.54) is 109 Å². The van der Waals surface area contributed by atoms with Crippen LogP contribution in [-0.4, -0.2) is 37.2 Å². The summed E-state index contributed by atoms with van der Waals surface area (Å²) in [6.45, 7) is 6.36. The molecule has 0 spiro atoms. The number of esters is 3. The van der Waals surface area contributed by atoms with Crippen molar-refractivity contribution in [2.75, 3.05) is 13.2 Å². The molecule has 378 valence electrons. The van der Waals surface area contributed by atoms with Gasteiger partial charge in [-0.05, 0) is 83.5 Å². The number of ether oxygens (including phenoxy) is 3. The van der Waals surface area contributed by atoms with Crippen LogP contribution in [0.1, 0.15) is 258 Å². The van der Waals surface area contributed by atoms with Crippen LogP contribution in [0.25, 0.3) is 0 Å². The van der Waals surface area contributed by atoms with Crippen molar-refractivity contribution in [2.24, 2.45) is 0 Å². The minimum absolute atomic E-state index is 0.0984. The van der Waals surface area contributed by atoms with Crippen LogP contribution in [0.4, 0.5) is 0 Å². The normalized spacial score (nSPS) is 12.7. The van der Waals surface area contributed by atoms with Crippen LogP contribution in [0.15, 0.2) is 85.1 Å². The first kappa shape index (κ1) is 62.6. The first-order chi connectivity index (χ1) is 32.5. The molecule has 0 aliphatic carbocycles. The summed E-state index contributed by atoms with van der Waals surface area (Å²) in [7, 11) is 0. The molecule has 0 saturated carbocycles. The van der Waals surface area contributed by atoms with Crippen LogP contribution in [0.2, 0.25) is 0 Å². The minimum atomic E-state index is -0.801. The standard InChI is InChI=1S/C60H102O6/c1-4-7-10-13-16-19-22-24-26-28-30-32-33-35-38-41-44-47-50-53-59(62)65-56-57(55-64-58(61)52-49-46-43-40-37-21-18-15-12-9-6-3)66-60(63)54-51-48-45-42-39-36-34-31-29-27-25-23-20-17-14-11-8-5-2/h7,9-10,12,16,18-19,21,24,26,30,32,40,43,57H,4-6,8,11,13-15,17,20,22-23,25,27-29,31,33-39,41-42,44-56H2,1-3H3/b10-7-,12-9-,19-16-,21-18-,26-24-,32-30-,43-40-. The van der Waals surface area contributed by atoms with Crippen molar-refractivity contribution in [2.45, 2.75) is 264 Å². The van der Waals surface area contributed by atoms with Crippen molar-refractivity contribution in [3.05, 3.63) is 85.1 Å². The van der Waals surface area contributed by atoms with Crippen LogP contribution in [-0.2, 0) is 28.6 Å². The van der Waals surface area contributed by atoms with Gasteiger partial charge in [-0.3, -0.25) is 14.4 Å². The number of allylic oxidation sites excluding steroid dienone is 14. The lowest BCUT2D eigenvalue weighted by molar-refractivity contribution is -0.167. The van der Waals surface area contributed by atoms with Crippen molar-refractivity contribution in [1.82, 2.24) is 0 Å². The Morgan fingerprint density at radius 3 is 0.985 bits per heavy atom. The average molecular weight is 919 g/mol. The van der Waals surface area contributed by atoms with E-state index in [-0.39, 0.29) is 37.5 Å². The molecular formula is C60H102O6. The number of hydrogen-bond acceptors (Lipinski definition) is 6. The van der Waals surface area contributed by atoms with E-state index in [1.54, 1.807) is 0 Å². The predicted octanol–water partition coefficient (Wildman–Crippen LogP) is 18.4. The molecule has 1 unspecified atom stereocenters. The van der Waals surface area contributed by atoms with Gasteiger partial charge < -0.3 is 14.2 Å². The molecule has 0 aliphatic heterocycles. The molecule has 0 rings (SSSR count). The fourth-order valence-electron chi connectivity index (χ4n) is 7.58. The van der Waals surface area contributed by atoms with E-state index < -0.39 is 6.10 Å². The van der Waals surface area contributed by atoms with E-state index in [4.69, 9.17) is 14.2 Å². The third-order valence-electron chi connectivity index (χ3n) is 11.6. The molecule has 0 aromatic carbocycles. The molecular weight excluding hydrogens is 817 g/mol. The molecule has 6 nitrogen and oxygen atoms in total. The monoisotopic (exact) mass is 919 g/mol. The molecule has 0 bridgehead atoms. The predicted molar refractivity (Wildman–Crippen MR) is 284 cm³/mol. The van der Waals surface area contributed by atoms with E-state index in [0.717, 1.165) is 103 Å². The SMILES string of the molecule is CC/C=C\C/C=C\C/C=C\C/C=C\CCCCCCCCC(=O)OCC(COC(=O)CCC/C=C\C/C=C\C/C=C\CC)OC(=O)CCCCCCCCCCCCCCCCCCCC. The van der Waals surface area contributed by atoms with E-state index in [2.05, 4.69) is 106 Å². The first-order valence-corrected chi connectivity index (χ1v) is 27.6. The lowest BCUT2D eigenvalue weighted by atomic mass is 10.0. The van der Waals surface area contributed by atoms with Gasteiger partial charge in [0.25, 0.3) is 0 Å². The van der Waals surface area contributed by atoms with Gasteiger partial charge in [-0.15, -0.1) is 0 Å². The Morgan fingerprint density at radius 1 is 0.318 bits per heavy atom. The van der Waals surface area contributed by atoms with Crippen LogP contribution in [0.3, 0.4) is 0 Å². The van der Waals surface area contributed by atoms with Crippen molar-refractivity contribution in [1.29, 1.82) is 0 Å². The largest absolute Gasteiger partial charge is 0.462 e. The molecule has 66 heavy (non-hydrogen) atoms. The fraction of sp³-hybridized carbons (Fsp3) is 0.717. The molecule has 0 aliphatic rings. The van der Waals surface area contributed by atoms with Gasteiger partial charge in [-0.2, -0.15) is 0 Å². The molecule has 0 N–H and O–H groups in total. The second-order valence-electron chi connectivity index (χ2n) is 18.1. The molecule has 0 amide bonds. The van der Waals surface area contributed by atoms with E-state index in [1.807, 2.05) is 0 Å². The maximum atomic E-state index is 12.8. The quantitative estimate of drug-likeness (QED) is 0.0262. The van der Waals surface area contributed by atoms with Crippen molar-refractivity contribution in [3.8, 4) is 0 Å². The highest BCUT2D eigenvalue weighted by Crippen LogP contribution is 2.16. The van der Waals surface area contributed by atoms with Gasteiger partial charge in [0.15, 0.2) is 6.10 Å². The van der Waals surface area contributed by atoms with E-state index in [9.17, 15) is 14.4 Å². The molecule has 0 radical (unpaired) electrons. The highest BCUT2D eigenvalue weighted by Gasteiger charge is 2.19. The van der Waals surface area contributed by atoms with Crippen LogP contribution in [0.5, 0.6) is 0 Å². The molecule has 0 saturated heterocycles. The lowest BCUT2D eigenvalue weighted by Gasteiger charge is -2.18. The number of rotatable bonds is 49. The number of carbonyl (C=O) groups is 3. The molecule has 6 heteroatoms. The van der Waals surface area contributed by atoms with Gasteiger partial charge in [0, 0.05) is 19.3 Å². The molecule has 0 fully saturated rings. The first-order valence-electron chi connectivity index (χ1n) is 27.6. The highest BCUT2D eigenvalue weighted by atomic mass is 16.6. The van der Waals surface area contributed by atoms with Crippen molar-refractivity contribution < 1.29 is 28.6 Å². The molecule has 0 heterocycles. The maximum Gasteiger partial charge on any atom is 0.306 e. The Morgan fingerprint density at radius 2 is 0.606 bits per heavy atom. The smallest absolute Gasteiger partial charge is 0.306 e. The number of carbonyl (C=O) groups excluding carboxylic acids is 3. The number of unbranched alkanes of at least 4 members (excludes halogenated alkanes) is 24. The molecule has 0 aromatic rings. The summed E-state index contributed by atoms with van der Waals surface area (Å²) in [6.07, 6.45) is 70.1. The van der Waals surface area contributed by atoms with Gasteiger partial charge in [0.1, 0.15) is 13.2 Å². The van der Waals surface area contributed by atoms with Gasteiger partial charge in [0.05, 0.1) is 0 Å². The molecule has 1 atom stereocenters. The topological polar surface area (TPSA) is 78.9 Å². The maximum absolute atomic E-state index is 12.8. The van der Waals surface area contributed by atoms with Crippen molar-refractivity contribution >= 4 is 17.9 Å². The van der Waals surface area contributed by atoms with Crippen molar-refractivity contribution in [3.63, 3.8) is 0 Å². The Balaban J connectivity index is 4.39. The lowest BCUT2D eigenvalue weighted by Crippen LogP contribution is -2.30. The summed E-state index contributed by atoms with van der Waals surface area (Å²) in [4.78, 5) is 38.0. The minimum Gasteiger partial charge on any atom is -0.462 e. The third kappa shape index (κ3) is 51.6. The second-order valence-corrected chi connectivity index (χ2v) is 18.1. The van der Waals surface area contributed by atoms with Crippen LogP contribution in [0, 0.1) is 0 Å². The van der Waals surface area contributed by atoms with Crippen LogP contribution >= 0.6 is 0 Å². The van der Waals surface area contributed by atoms with E-state index in [0.29, 0.717) is 19.3 Å². The van der Waals surface area contributed by atoms with Gasteiger partial charge >= 0.3 is 17.9 Å². The summed E-state index contributed by atoms with van der Waals surface area (Å²) < 4.78 is 16.8. The third-order valence-corrected chi connectivity index (χ3v) is 11.6. The Labute approximate surface area is 407 Å². The zero-order valence-corrected chi connectivity index (χ0v) is 43.2. The zero-order chi connectivity index (χ0) is 47.9. The summed E-state index contributed by atoms with van der Waals surface area (Å²) >= 11 is 0. The molecule has 0 aromatic heterocycles. The van der Waals surface area contributed by atoms with E-state index >= 15 is 0 Å². The van der Waals surface area contributed by atoms with Gasteiger partial charge in [-0.1, -0.05) is 241 Å². The second kappa shape index (κ2) is 54.2. The number of hydrogen-bond donors (Lipinski definition) is 0. The summed E-state index contributed by atoms with van der Waals surface area (Å²) in [6, 6.07) is 0. The summed E-state index contributed by atoms with van der Waals surface area (Å²) in [5.41, 5.74) is 0. The Hall–Kier alpha value is -3.41. The van der Waals surface area contributed by atoms with Gasteiger partial charge in [0.2, 0.25) is 0 Å². The van der Waals surface area contributed by atoms with Gasteiger partial charge in [-0.25, -0.2) is 0 Å². The summed E-state index contributed by atoms with van der Waals surface area (Å²) in [5.74, 6) is -0.962. The fourth-order valence-corrected chi connectivity index (χ4v) is 7.58.